The smallest absolute Gasteiger partial charge is 0.366 e. The van der Waals surface area contributed by atoms with E-state index in [9.17, 15) is 18.0 Å². The normalized spacial score (nSPS) is 11.4. The molecule has 2 aromatic carbocycles. The minimum atomic E-state index is -4.50. The number of nitrogens with one attached hydrogen (secondary N) is 1. The van der Waals surface area contributed by atoms with E-state index in [0.717, 1.165) is 12.1 Å². The molecule has 10 heteroatoms. The second kappa shape index (κ2) is 8.35. The first-order valence-corrected chi connectivity index (χ1v) is 9.65. The first-order chi connectivity index (χ1) is 15.2. The highest BCUT2D eigenvalue weighted by atomic mass is 35.5. The maximum atomic E-state index is 13.0. The molecule has 0 aliphatic rings. The number of alkyl halides is 3. The maximum Gasteiger partial charge on any atom is 0.416 e. The number of nitrogens with zero attached hydrogens (tertiary/aromatic N) is 3. The average molecular weight is 458 g/mol. The van der Waals surface area contributed by atoms with Gasteiger partial charge in [-0.05, 0) is 42.5 Å². The first-order valence-electron chi connectivity index (χ1n) is 9.28. The fraction of sp³-hybridized carbons (Fsp3) is 0.0455. The average Bonchev–Trinajstić information content (AvgIpc) is 3.19. The van der Waals surface area contributed by atoms with Crippen LogP contribution < -0.4 is 11.1 Å². The standard InChI is InChI=1S/C22H15ClF3N5O/c23-16-10-14(22(24,25)26)7-9-17(16)29-20-11-19(18-8-6-13(12-28-18)21(27)32)30-31(20)15-4-2-1-3-5-15/h1-12,29H,(H2,27,32). The van der Waals surface area contributed by atoms with Gasteiger partial charge in [0.05, 0.1) is 33.2 Å². The van der Waals surface area contributed by atoms with Crippen LogP contribution in [0, 0.1) is 0 Å². The van der Waals surface area contributed by atoms with Gasteiger partial charge in [0.1, 0.15) is 11.5 Å². The zero-order chi connectivity index (χ0) is 22.9. The third-order valence-corrected chi connectivity index (χ3v) is 4.89. The van der Waals surface area contributed by atoms with Crippen molar-refractivity contribution < 1.29 is 18.0 Å². The van der Waals surface area contributed by atoms with E-state index in [1.54, 1.807) is 16.8 Å². The van der Waals surface area contributed by atoms with Gasteiger partial charge < -0.3 is 11.1 Å². The summed E-state index contributed by atoms with van der Waals surface area (Å²) < 4.78 is 40.4. The number of carbonyl (C=O) groups excluding carboxylic acids is 1. The highest BCUT2D eigenvalue weighted by Gasteiger charge is 2.31. The van der Waals surface area contributed by atoms with E-state index in [1.165, 1.54) is 18.3 Å². The molecule has 162 valence electrons. The Balaban J connectivity index is 1.75. The van der Waals surface area contributed by atoms with Crippen molar-refractivity contribution >= 4 is 29.0 Å². The van der Waals surface area contributed by atoms with Crippen LogP contribution in [0.5, 0.6) is 0 Å². The van der Waals surface area contributed by atoms with Crippen LogP contribution in [0.4, 0.5) is 24.7 Å². The summed E-state index contributed by atoms with van der Waals surface area (Å²) in [6.07, 6.45) is -3.15. The number of primary amides is 1. The van der Waals surface area contributed by atoms with Crippen LogP contribution in [0.25, 0.3) is 17.1 Å². The molecular weight excluding hydrogens is 443 g/mol. The van der Waals surface area contributed by atoms with E-state index in [0.29, 0.717) is 22.9 Å². The van der Waals surface area contributed by atoms with E-state index >= 15 is 0 Å². The number of rotatable bonds is 5. The van der Waals surface area contributed by atoms with Crippen molar-refractivity contribution in [2.24, 2.45) is 5.73 Å². The summed E-state index contributed by atoms with van der Waals surface area (Å²) in [7, 11) is 0. The number of halogens is 4. The molecule has 3 N–H and O–H groups in total. The van der Waals surface area contributed by atoms with Gasteiger partial charge in [0.15, 0.2) is 0 Å². The van der Waals surface area contributed by atoms with Crippen LogP contribution in [-0.4, -0.2) is 20.7 Å². The number of pyridine rings is 1. The maximum absolute atomic E-state index is 13.0. The number of amides is 1. The Kier molecular flexibility index (Phi) is 5.58. The minimum Gasteiger partial charge on any atom is -0.366 e. The van der Waals surface area contributed by atoms with Crippen molar-refractivity contribution in [1.82, 2.24) is 14.8 Å². The summed E-state index contributed by atoms with van der Waals surface area (Å²) in [5.74, 6) is -0.146. The van der Waals surface area contributed by atoms with Gasteiger partial charge in [-0.3, -0.25) is 9.78 Å². The minimum absolute atomic E-state index is 0.0916. The van der Waals surface area contributed by atoms with Gasteiger partial charge in [-0.2, -0.15) is 18.3 Å². The van der Waals surface area contributed by atoms with Crippen LogP contribution >= 0.6 is 11.6 Å². The van der Waals surface area contributed by atoms with Crippen molar-refractivity contribution in [3.63, 3.8) is 0 Å². The molecule has 0 radical (unpaired) electrons. The summed E-state index contributed by atoms with van der Waals surface area (Å²) >= 11 is 6.11. The summed E-state index contributed by atoms with van der Waals surface area (Å²) in [6, 6.07) is 17.0. The van der Waals surface area contributed by atoms with Gasteiger partial charge in [-0.25, -0.2) is 4.68 Å². The molecule has 1 amide bonds. The molecule has 2 heterocycles. The Hall–Kier alpha value is -3.85. The van der Waals surface area contributed by atoms with Crippen LogP contribution in [0.1, 0.15) is 15.9 Å². The lowest BCUT2D eigenvalue weighted by Crippen LogP contribution is -2.11. The second-order valence-electron chi connectivity index (χ2n) is 6.78. The zero-order valence-corrected chi connectivity index (χ0v) is 17.0. The van der Waals surface area contributed by atoms with Gasteiger partial charge in [0, 0.05) is 12.3 Å². The van der Waals surface area contributed by atoms with Gasteiger partial charge in [-0.15, -0.1) is 0 Å². The molecule has 0 unspecified atom stereocenters. The lowest BCUT2D eigenvalue weighted by molar-refractivity contribution is -0.137. The highest BCUT2D eigenvalue weighted by Crippen LogP contribution is 2.35. The summed E-state index contributed by atoms with van der Waals surface area (Å²) in [5, 5.41) is 7.51. The predicted molar refractivity (Wildman–Crippen MR) is 115 cm³/mol. The Labute approximate surface area is 185 Å². The molecule has 0 aliphatic carbocycles. The van der Waals surface area contributed by atoms with Gasteiger partial charge in [0.2, 0.25) is 5.91 Å². The third kappa shape index (κ3) is 4.42. The van der Waals surface area contributed by atoms with E-state index in [1.807, 2.05) is 30.3 Å². The zero-order valence-electron chi connectivity index (χ0n) is 16.3. The molecule has 0 aliphatic heterocycles. The lowest BCUT2D eigenvalue weighted by Gasteiger charge is -2.13. The van der Waals surface area contributed by atoms with Gasteiger partial charge in [-0.1, -0.05) is 29.8 Å². The molecule has 0 saturated heterocycles. The van der Waals surface area contributed by atoms with Crippen molar-refractivity contribution in [3.8, 4) is 17.1 Å². The molecule has 0 atom stereocenters. The van der Waals surface area contributed by atoms with Gasteiger partial charge in [0.25, 0.3) is 0 Å². The van der Waals surface area contributed by atoms with E-state index in [-0.39, 0.29) is 16.3 Å². The monoisotopic (exact) mass is 457 g/mol. The Morgan fingerprint density at radius 1 is 1.00 bits per heavy atom. The predicted octanol–water partition coefficient (Wildman–Crippen LogP) is 5.45. The number of hydrogen-bond donors (Lipinski definition) is 2. The number of anilines is 2. The quantitative estimate of drug-likeness (QED) is 0.417. The third-order valence-electron chi connectivity index (χ3n) is 4.58. The van der Waals surface area contributed by atoms with Crippen molar-refractivity contribution in [2.75, 3.05) is 5.32 Å². The largest absolute Gasteiger partial charge is 0.416 e. The van der Waals surface area contributed by atoms with Crippen molar-refractivity contribution in [1.29, 1.82) is 0 Å². The Bertz CT molecular complexity index is 1270. The van der Waals surface area contributed by atoms with Crippen LogP contribution in [0.3, 0.4) is 0 Å². The van der Waals surface area contributed by atoms with Crippen molar-refractivity contribution in [3.05, 3.63) is 89.1 Å². The first kappa shape index (κ1) is 21.4. The summed E-state index contributed by atoms with van der Waals surface area (Å²) in [4.78, 5) is 15.5. The molecule has 0 saturated carbocycles. The van der Waals surface area contributed by atoms with E-state index < -0.39 is 17.6 Å². The second-order valence-corrected chi connectivity index (χ2v) is 7.18. The molecule has 4 rings (SSSR count). The van der Waals surface area contributed by atoms with Crippen molar-refractivity contribution in [2.45, 2.75) is 6.18 Å². The molecular formula is C22H15ClF3N5O. The highest BCUT2D eigenvalue weighted by molar-refractivity contribution is 6.33. The van der Waals surface area contributed by atoms with E-state index in [2.05, 4.69) is 15.4 Å². The fourth-order valence-corrected chi connectivity index (χ4v) is 3.21. The lowest BCUT2D eigenvalue weighted by atomic mass is 10.2. The van der Waals surface area contributed by atoms with Crippen LogP contribution in [0.2, 0.25) is 5.02 Å². The number of nitrogens with two attached hydrogens (primary N) is 1. The van der Waals surface area contributed by atoms with Gasteiger partial charge >= 0.3 is 6.18 Å². The number of carbonyl (C=O) groups is 1. The Morgan fingerprint density at radius 3 is 2.34 bits per heavy atom. The van der Waals surface area contributed by atoms with Crippen LogP contribution in [0.15, 0.2) is 72.9 Å². The molecule has 0 spiro atoms. The topological polar surface area (TPSA) is 85.8 Å². The summed E-state index contributed by atoms with van der Waals surface area (Å²) in [5.41, 5.74) is 6.60. The fourth-order valence-electron chi connectivity index (χ4n) is 2.98. The Morgan fingerprint density at radius 2 is 1.75 bits per heavy atom. The molecule has 4 aromatic rings. The van der Waals surface area contributed by atoms with E-state index in [4.69, 9.17) is 17.3 Å². The molecule has 6 nitrogen and oxygen atoms in total. The van der Waals surface area contributed by atoms with Crippen LogP contribution in [-0.2, 0) is 6.18 Å². The molecule has 2 aromatic heterocycles. The SMILES string of the molecule is NC(=O)c1ccc(-c2cc(Nc3ccc(C(F)(F)F)cc3Cl)n(-c3ccccc3)n2)nc1. The number of hydrogen-bond acceptors (Lipinski definition) is 4. The molecule has 0 fully saturated rings. The summed E-state index contributed by atoms with van der Waals surface area (Å²) in [6.45, 7) is 0. The number of aromatic nitrogens is 3. The number of para-hydroxylation sites is 1. The molecule has 32 heavy (non-hydrogen) atoms. The number of benzene rings is 2. The molecule has 0 bridgehead atoms.